The van der Waals surface area contributed by atoms with Crippen molar-refractivity contribution in [2.45, 2.75) is 18.9 Å². The number of halogens is 1. The van der Waals surface area contributed by atoms with Gasteiger partial charge in [-0.1, -0.05) is 18.2 Å². The van der Waals surface area contributed by atoms with Gasteiger partial charge in [-0.2, -0.15) is 0 Å². The fraction of sp³-hybridized carbons (Fsp3) is 0.294. The molecule has 2 aromatic rings. The summed E-state index contributed by atoms with van der Waals surface area (Å²) in [5.74, 6) is -0.504. The average molecular weight is 409 g/mol. The Morgan fingerprint density at radius 3 is 2.79 bits per heavy atom. The van der Waals surface area contributed by atoms with Crippen LogP contribution in [-0.4, -0.2) is 24.9 Å². The van der Waals surface area contributed by atoms with Crippen molar-refractivity contribution in [3.63, 3.8) is 0 Å². The van der Waals surface area contributed by atoms with Crippen LogP contribution < -0.4 is 15.8 Å². The molecule has 2 heterocycles. The molecule has 7 heteroatoms. The lowest BCUT2D eigenvalue weighted by molar-refractivity contribution is -0.910. The second kappa shape index (κ2) is 7.92. The molecule has 1 saturated heterocycles. The number of thiophene rings is 1. The van der Waals surface area contributed by atoms with Gasteiger partial charge in [0.1, 0.15) is 6.04 Å². The molecule has 0 saturated carbocycles. The molecule has 1 aromatic carbocycles. The van der Waals surface area contributed by atoms with Crippen LogP contribution in [-0.2, 0) is 4.79 Å². The molecule has 126 valence electrons. The number of hydrogen-bond donors (Lipinski definition) is 3. The first-order chi connectivity index (χ1) is 11.6. The summed E-state index contributed by atoms with van der Waals surface area (Å²) >= 11 is 5.07. The normalized spacial score (nSPS) is 19.9. The predicted molar refractivity (Wildman–Crippen MR) is 96.7 cm³/mol. The zero-order chi connectivity index (χ0) is 16.9. The van der Waals surface area contributed by atoms with Gasteiger partial charge in [0, 0.05) is 17.3 Å². The second-order valence-electron chi connectivity index (χ2n) is 5.78. The lowest BCUT2D eigenvalue weighted by Crippen LogP contribution is -3.11. The molecule has 0 aliphatic carbocycles. The standard InChI is InChI=1S/C17H18BrN3O2S/c18-13-6-2-1-5-12(13)17(23)20-19-16(22)11-21-9-3-7-14(21)15-8-4-10-24-15/h1-2,4-6,8,10,14H,3,7,9,11H2,(H,19,22)(H,20,23)/p+1/t14-/m0/s1. The first-order valence-corrected chi connectivity index (χ1v) is 9.54. The molecule has 3 N–H and O–H groups in total. The van der Waals surface area contributed by atoms with E-state index in [-0.39, 0.29) is 11.8 Å². The fourth-order valence-corrected chi connectivity index (χ4v) is 4.43. The van der Waals surface area contributed by atoms with E-state index in [1.54, 1.807) is 29.5 Å². The van der Waals surface area contributed by atoms with Gasteiger partial charge in [0.15, 0.2) is 6.54 Å². The van der Waals surface area contributed by atoms with Crippen LogP contribution >= 0.6 is 27.3 Å². The minimum atomic E-state index is -0.331. The zero-order valence-electron chi connectivity index (χ0n) is 13.0. The van der Waals surface area contributed by atoms with Crippen LogP contribution in [0.3, 0.4) is 0 Å². The number of nitrogens with one attached hydrogen (secondary N) is 3. The molecule has 0 spiro atoms. The van der Waals surface area contributed by atoms with E-state index >= 15 is 0 Å². The van der Waals surface area contributed by atoms with E-state index < -0.39 is 0 Å². The lowest BCUT2D eigenvalue weighted by atomic mass is 10.2. The number of carbonyl (C=O) groups excluding carboxylic acids is 2. The van der Waals surface area contributed by atoms with Gasteiger partial charge in [-0.25, -0.2) is 0 Å². The molecule has 2 amide bonds. The van der Waals surface area contributed by atoms with E-state index in [2.05, 4.69) is 38.2 Å². The van der Waals surface area contributed by atoms with Crippen molar-refractivity contribution in [1.29, 1.82) is 0 Å². The Morgan fingerprint density at radius 2 is 2.04 bits per heavy atom. The number of likely N-dealkylation sites (tertiary alicyclic amines) is 1. The number of benzene rings is 1. The Hall–Kier alpha value is -1.70. The molecule has 1 aliphatic rings. The number of rotatable bonds is 4. The van der Waals surface area contributed by atoms with Crippen LogP contribution in [0.2, 0.25) is 0 Å². The smallest absolute Gasteiger partial charge is 0.293 e. The molecule has 1 fully saturated rings. The van der Waals surface area contributed by atoms with Gasteiger partial charge >= 0.3 is 0 Å². The van der Waals surface area contributed by atoms with E-state index in [1.807, 2.05) is 12.1 Å². The van der Waals surface area contributed by atoms with Crippen molar-refractivity contribution in [2.75, 3.05) is 13.1 Å². The third kappa shape index (κ3) is 4.03. The van der Waals surface area contributed by atoms with Gasteiger partial charge in [0.05, 0.1) is 17.0 Å². The summed E-state index contributed by atoms with van der Waals surface area (Å²) in [6.07, 6.45) is 2.22. The molecule has 2 atom stereocenters. The van der Waals surface area contributed by atoms with Gasteiger partial charge in [-0.05, 0) is 39.5 Å². The van der Waals surface area contributed by atoms with Crippen LogP contribution in [0.1, 0.15) is 34.1 Å². The molecular weight excluding hydrogens is 390 g/mol. The van der Waals surface area contributed by atoms with E-state index in [9.17, 15) is 9.59 Å². The van der Waals surface area contributed by atoms with Crippen LogP contribution in [0.4, 0.5) is 0 Å². The number of carbonyl (C=O) groups is 2. The van der Waals surface area contributed by atoms with E-state index in [4.69, 9.17) is 0 Å². The van der Waals surface area contributed by atoms with Crippen molar-refractivity contribution >= 4 is 39.1 Å². The predicted octanol–water partition coefficient (Wildman–Crippen LogP) is 1.69. The SMILES string of the molecule is O=C(C[NH+]1CCC[C@H]1c1cccs1)NNC(=O)c1ccccc1Br. The number of hydrogen-bond acceptors (Lipinski definition) is 3. The minimum absolute atomic E-state index is 0.172. The Labute approximate surface area is 153 Å². The molecule has 1 unspecified atom stereocenters. The molecule has 3 rings (SSSR count). The average Bonchev–Trinajstić information content (AvgIpc) is 3.24. The van der Waals surface area contributed by atoms with Crippen molar-refractivity contribution in [3.8, 4) is 0 Å². The van der Waals surface area contributed by atoms with E-state index in [0.717, 1.165) is 19.4 Å². The Morgan fingerprint density at radius 1 is 1.21 bits per heavy atom. The number of amides is 2. The molecule has 5 nitrogen and oxygen atoms in total. The largest absolute Gasteiger partial charge is 0.320 e. The molecule has 0 radical (unpaired) electrons. The maximum Gasteiger partial charge on any atom is 0.293 e. The molecule has 1 aromatic heterocycles. The van der Waals surface area contributed by atoms with Gasteiger partial charge in [-0.3, -0.25) is 20.4 Å². The first kappa shape index (κ1) is 17.1. The van der Waals surface area contributed by atoms with Crippen LogP contribution in [0.25, 0.3) is 0 Å². The van der Waals surface area contributed by atoms with Crippen molar-refractivity contribution < 1.29 is 14.5 Å². The highest BCUT2D eigenvalue weighted by molar-refractivity contribution is 9.10. The quantitative estimate of drug-likeness (QED) is 0.674. The number of hydrazine groups is 1. The van der Waals surface area contributed by atoms with Crippen LogP contribution in [0.15, 0.2) is 46.3 Å². The van der Waals surface area contributed by atoms with Gasteiger partial charge in [0.2, 0.25) is 0 Å². The summed E-state index contributed by atoms with van der Waals surface area (Å²) in [4.78, 5) is 26.9. The zero-order valence-corrected chi connectivity index (χ0v) is 15.5. The van der Waals surface area contributed by atoms with Gasteiger partial charge in [-0.15, -0.1) is 11.3 Å². The maximum absolute atomic E-state index is 12.2. The topological polar surface area (TPSA) is 62.6 Å². The highest BCUT2D eigenvalue weighted by atomic mass is 79.9. The summed E-state index contributed by atoms with van der Waals surface area (Å²) in [6, 6.07) is 11.7. The van der Waals surface area contributed by atoms with E-state index in [0.29, 0.717) is 22.6 Å². The Balaban J connectivity index is 1.52. The van der Waals surface area contributed by atoms with Crippen molar-refractivity contribution in [3.05, 3.63) is 56.7 Å². The third-order valence-corrected chi connectivity index (χ3v) is 5.87. The van der Waals surface area contributed by atoms with Gasteiger partial charge < -0.3 is 4.90 Å². The highest BCUT2D eigenvalue weighted by Crippen LogP contribution is 2.23. The monoisotopic (exact) mass is 408 g/mol. The first-order valence-electron chi connectivity index (χ1n) is 7.87. The molecule has 24 heavy (non-hydrogen) atoms. The maximum atomic E-state index is 12.2. The van der Waals surface area contributed by atoms with Crippen molar-refractivity contribution in [2.24, 2.45) is 0 Å². The van der Waals surface area contributed by atoms with Crippen molar-refractivity contribution in [1.82, 2.24) is 10.9 Å². The third-order valence-electron chi connectivity index (χ3n) is 4.19. The highest BCUT2D eigenvalue weighted by Gasteiger charge is 2.32. The summed E-state index contributed by atoms with van der Waals surface area (Å²) in [6.45, 7) is 1.34. The molecular formula is C17H19BrN3O2S+. The summed E-state index contributed by atoms with van der Waals surface area (Å²) in [5, 5.41) is 2.07. The van der Waals surface area contributed by atoms with Gasteiger partial charge in [0.25, 0.3) is 11.8 Å². The fourth-order valence-electron chi connectivity index (χ4n) is 3.05. The van der Waals surface area contributed by atoms with E-state index in [1.165, 1.54) is 9.78 Å². The Kier molecular flexibility index (Phi) is 5.65. The molecule has 1 aliphatic heterocycles. The lowest BCUT2D eigenvalue weighted by Gasteiger charge is -2.20. The summed E-state index contributed by atoms with van der Waals surface area (Å²) in [7, 11) is 0. The number of quaternary nitrogens is 1. The second-order valence-corrected chi connectivity index (χ2v) is 7.61. The molecule has 0 bridgehead atoms. The summed E-state index contributed by atoms with van der Waals surface area (Å²) < 4.78 is 0.694. The minimum Gasteiger partial charge on any atom is -0.320 e. The van der Waals surface area contributed by atoms with Crippen LogP contribution in [0, 0.1) is 0 Å². The Bertz CT molecular complexity index is 720. The summed E-state index contributed by atoms with van der Waals surface area (Å²) in [5.41, 5.74) is 5.50. The van der Waals surface area contributed by atoms with Crippen LogP contribution in [0.5, 0.6) is 0 Å².